The van der Waals surface area contributed by atoms with E-state index >= 15 is 0 Å². The van der Waals surface area contributed by atoms with Gasteiger partial charge >= 0.3 is 0 Å². The maximum Gasteiger partial charge on any atom is 0.182 e. The van der Waals surface area contributed by atoms with Gasteiger partial charge in [-0.2, -0.15) is 5.10 Å². The van der Waals surface area contributed by atoms with Crippen LogP contribution < -0.4 is 0 Å². The van der Waals surface area contributed by atoms with Gasteiger partial charge in [-0.25, -0.2) is 4.98 Å². The van der Waals surface area contributed by atoms with Crippen molar-refractivity contribution >= 4 is 11.0 Å². The van der Waals surface area contributed by atoms with Crippen LogP contribution >= 0.6 is 0 Å². The van der Waals surface area contributed by atoms with Gasteiger partial charge in [0.2, 0.25) is 0 Å². The van der Waals surface area contributed by atoms with E-state index in [0.717, 1.165) is 11.0 Å². The summed E-state index contributed by atoms with van der Waals surface area (Å²) in [6.45, 7) is 13.4. The second kappa shape index (κ2) is 4.01. The SMILES string of the molecule is CC(C)(C)c1cnc2nnccc2c1C(C)(C)C. The molecule has 0 N–H and O–H groups in total. The maximum absolute atomic E-state index is 4.45. The molecule has 0 aliphatic heterocycles. The molecule has 0 fully saturated rings. The number of pyridine rings is 1. The average molecular weight is 243 g/mol. The molecule has 0 aliphatic rings. The molecular formula is C15H21N3. The minimum Gasteiger partial charge on any atom is -0.235 e. The van der Waals surface area contributed by atoms with Gasteiger partial charge in [0, 0.05) is 11.6 Å². The van der Waals surface area contributed by atoms with E-state index in [2.05, 4.69) is 56.7 Å². The predicted octanol–water partition coefficient (Wildman–Crippen LogP) is 3.62. The van der Waals surface area contributed by atoms with Crippen LogP contribution in [0.2, 0.25) is 0 Å². The predicted molar refractivity (Wildman–Crippen MR) is 74.7 cm³/mol. The third-order valence-electron chi connectivity index (χ3n) is 3.11. The summed E-state index contributed by atoms with van der Waals surface area (Å²) < 4.78 is 0. The molecule has 0 unspecified atom stereocenters. The molecule has 2 aromatic heterocycles. The topological polar surface area (TPSA) is 38.7 Å². The summed E-state index contributed by atoms with van der Waals surface area (Å²) in [5.41, 5.74) is 3.49. The lowest BCUT2D eigenvalue weighted by molar-refractivity contribution is 0.532. The molecule has 18 heavy (non-hydrogen) atoms. The zero-order valence-corrected chi connectivity index (χ0v) is 12.1. The van der Waals surface area contributed by atoms with Crippen molar-refractivity contribution in [1.29, 1.82) is 0 Å². The van der Waals surface area contributed by atoms with E-state index in [9.17, 15) is 0 Å². The largest absolute Gasteiger partial charge is 0.235 e. The first kappa shape index (κ1) is 12.9. The molecule has 0 saturated heterocycles. The third-order valence-corrected chi connectivity index (χ3v) is 3.11. The molecule has 3 nitrogen and oxygen atoms in total. The van der Waals surface area contributed by atoms with E-state index in [-0.39, 0.29) is 10.8 Å². The van der Waals surface area contributed by atoms with E-state index in [1.54, 1.807) is 6.20 Å². The fraction of sp³-hybridized carbons (Fsp3) is 0.533. The Bertz CT molecular complexity index is 574. The fourth-order valence-electron chi connectivity index (χ4n) is 2.33. The summed E-state index contributed by atoms with van der Waals surface area (Å²) in [7, 11) is 0. The van der Waals surface area contributed by atoms with Crippen LogP contribution in [0.25, 0.3) is 11.0 Å². The van der Waals surface area contributed by atoms with Crippen molar-refractivity contribution in [1.82, 2.24) is 15.2 Å². The standard InChI is InChI=1S/C15H21N3/c1-14(2,3)11-9-16-13-10(7-8-17-18-13)12(11)15(4,5)6/h7-9H,1-6H3. The summed E-state index contributed by atoms with van der Waals surface area (Å²) in [4.78, 5) is 4.45. The normalized spacial score (nSPS) is 13.0. The first-order valence-corrected chi connectivity index (χ1v) is 6.32. The molecule has 0 radical (unpaired) electrons. The van der Waals surface area contributed by atoms with E-state index in [1.165, 1.54) is 11.1 Å². The highest BCUT2D eigenvalue weighted by Crippen LogP contribution is 2.37. The zero-order valence-electron chi connectivity index (χ0n) is 12.1. The molecule has 0 saturated carbocycles. The molecule has 0 aliphatic carbocycles. The Morgan fingerprint density at radius 3 is 2.17 bits per heavy atom. The van der Waals surface area contributed by atoms with Crippen LogP contribution in [0.5, 0.6) is 0 Å². The van der Waals surface area contributed by atoms with Crippen molar-refractivity contribution in [2.45, 2.75) is 52.4 Å². The first-order chi connectivity index (χ1) is 8.21. The quantitative estimate of drug-likeness (QED) is 0.709. The van der Waals surface area contributed by atoms with Gasteiger partial charge in [-0.1, -0.05) is 41.5 Å². The molecular weight excluding hydrogens is 222 g/mol. The van der Waals surface area contributed by atoms with Crippen molar-refractivity contribution < 1.29 is 0 Å². The van der Waals surface area contributed by atoms with Gasteiger partial charge < -0.3 is 0 Å². The molecule has 2 rings (SSSR count). The summed E-state index contributed by atoms with van der Waals surface area (Å²) in [6.07, 6.45) is 3.70. The number of fused-ring (bicyclic) bond motifs is 1. The highest BCUT2D eigenvalue weighted by molar-refractivity contribution is 5.80. The molecule has 0 aromatic carbocycles. The smallest absolute Gasteiger partial charge is 0.182 e. The van der Waals surface area contributed by atoms with Gasteiger partial charge in [0.15, 0.2) is 5.65 Å². The van der Waals surface area contributed by atoms with Crippen molar-refractivity contribution in [2.75, 3.05) is 0 Å². The Morgan fingerprint density at radius 2 is 1.61 bits per heavy atom. The number of rotatable bonds is 0. The van der Waals surface area contributed by atoms with Gasteiger partial charge in [-0.3, -0.25) is 0 Å². The van der Waals surface area contributed by atoms with Crippen molar-refractivity contribution in [3.05, 3.63) is 29.6 Å². The molecule has 0 amide bonds. The van der Waals surface area contributed by atoms with Crippen LogP contribution in [0.3, 0.4) is 0 Å². The van der Waals surface area contributed by atoms with Crippen LogP contribution in [0.1, 0.15) is 52.7 Å². The molecule has 3 heteroatoms. The lowest BCUT2D eigenvalue weighted by Gasteiger charge is -2.30. The minimum absolute atomic E-state index is 0.0623. The summed E-state index contributed by atoms with van der Waals surface area (Å²) in [5.74, 6) is 0. The molecule has 0 atom stereocenters. The maximum atomic E-state index is 4.45. The van der Waals surface area contributed by atoms with Crippen LogP contribution in [-0.2, 0) is 10.8 Å². The first-order valence-electron chi connectivity index (χ1n) is 6.32. The summed E-state index contributed by atoms with van der Waals surface area (Å²) in [5, 5.41) is 9.15. The molecule has 2 heterocycles. The lowest BCUT2D eigenvalue weighted by Crippen LogP contribution is -2.23. The van der Waals surface area contributed by atoms with E-state index in [4.69, 9.17) is 0 Å². The zero-order chi connectivity index (χ0) is 13.6. The van der Waals surface area contributed by atoms with E-state index in [1.807, 2.05) is 12.3 Å². The third kappa shape index (κ3) is 2.22. The van der Waals surface area contributed by atoms with Crippen LogP contribution in [0.4, 0.5) is 0 Å². The number of hydrogen-bond donors (Lipinski definition) is 0. The molecule has 96 valence electrons. The Hall–Kier alpha value is -1.51. The molecule has 0 bridgehead atoms. The van der Waals surface area contributed by atoms with Crippen LogP contribution in [0, 0.1) is 0 Å². The van der Waals surface area contributed by atoms with Gasteiger partial charge in [0.1, 0.15) is 0 Å². The van der Waals surface area contributed by atoms with Crippen molar-refractivity contribution in [3.8, 4) is 0 Å². The fourth-order valence-corrected chi connectivity index (χ4v) is 2.33. The second-order valence-electron chi connectivity index (χ2n) is 6.82. The van der Waals surface area contributed by atoms with Crippen molar-refractivity contribution in [2.24, 2.45) is 0 Å². The molecule has 0 spiro atoms. The lowest BCUT2D eigenvalue weighted by atomic mass is 9.75. The number of hydrogen-bond acceptors (Lipinski definition) is 3. The average Bonchev–Trinajstić information content (AvgIpc) is 2.24. The number of nitrogens with zero attached hydrogens (tertiary/aromatic N) is 3. The Balaban J connectivity index is 2.89. The molecule has 2 aromatic rings. The highest BCUT2D eigenvalue weighted by Gasteiger charge is 2.27. The van der Waals surface area contributed by atoms with Gasteiger partial charge in [0.05, 0.1) is 6.20 Å². The Labute approximate surface area is 109 Å². The van der Waals surface area contributed by atoms with E-state index in [0.29, 0.717) is 0 Å². The van der Waals surface area contributed by atoms with E-state index < -0.39 is 0 Å². The number of aromatic nitrogens is 3. The second-order valence-corrected chi connectivity index (χ2v) is 6.82. The minimum atomic E-state index is 0.0623. The van der Waals surface area contributed by atoms with Crippen LogP contribution in [0.15, 0.2) is 18.5 Å². The monoisotopic (exact) mass is 243 g/mol. The summed E-state index contributed by atoms with van der Waals surface area (Å²) >= 11 is 0. The summed E-state index contributed by atoms with van der Waals surface area (Å²) in [6, 6.07) is 2.02. The van der Waals surface area contributed by atoms with Gasteiger partial charge in [-0.05, 0) is 28.0 Å². The van der Waals surface area contributed by atoms with Gasteiger partial charge in [0.25, 0.3) is 0 Å². The highest BCUT2D eigenvalue weighted by atomic mass is 15.1. The Morgan fingerprint density at radius 1 is 0.944 bits per heavy atom. The van der Waals surface area contributed by atoms with Crippen LogP contribution in [-0.4, -0.2) is 15.2 Å². The Kier molecular flexibility index (Phi) is 2.88. The van der Waals surface area contributed by atoms with Crippen molar-refractivity contribution in [3.63, 3.8) is 0 Å². The van der Waals surface area contributed by atoms with Gasteiger partial charge in [-0.15, -0.1) is 5.10 Å².